The number of fused-ring (bicyclic) bond motifs is 6. The zero-order chi connectivity index (χ0) is 33.8. The topological polar surface area (TPSA) is 42.4 Å². The van der Waals surface area contributed by atoms with Crippen molar-refractivity contribution in [2.24, 2.45) is 0 Å². The highest BCUT2D eigenvalue weighted by atomic mass is 15.0. The smallest absolute Gasteiger partial charge is 0.218 e. The Morgan fingerprint density at radius 1 is 0.480 bits per heavy atom. The SMILES string of the molecule is [C-]#[N+]c1ccc(-c2ccccc2-c2cccc(-n3c4ccccc4c4ccccc43)c2)c(-n2c3ccccc3c3cc(C#N)ccc32)c1[N+]#[C-]. The van der Waals surface area contributed by atoms with Crippen LogP contribution >= 0.6 is 0 Å². The van der Waals surface area contributed by atoms with Gasteiger partial charge in [-0.05, 0) is 70.8 Å². The van der Waals surface area contributed by atoms with Gasteiger partial charge >= 0.3 is 0 Å². The summed E-state index contributed by atoms with van der Waals surface area (Å²) >= 11 is 0. The van der Waals surface area contributed by atoms with Gasteiger partial charge in [0.25, 0.3) is 0 Å². The molecule has 50 heavy (non-hydrogen) atoms. The van der Waals surface area contributed by atoms with Crippen molar-refractivity contribution in [3.63, 3.8) is 0 Å². The predicted molar refractivity (Wildman–Crippen MR) is 203 cm³/mol. The van der Waals surface area contributed by atoms with Gasteiger partial charge in [0, 0.05) is 32.9 Å². The lowest BCUT2D eigenvalue weighted by Gasteiger charge is -2.20. The number of para-hydroxylation sites is 3. The van der Waals surface area contributed by atoms with Crippen LogP contribution in [0.4, 0.5) is 11.4 Å². The number of hydrogen-bond donors (Lipinski definition) is 0. The summed E-state index contributed by atoms with van der Waals surface area (Å²) in [4.78, 5) is 7.78. The number of nitriles is 1. The molecule has 0 N–H and O–H groups in total. The Hall–Kier alpha value is -7.39. The largest absolute Gasteiger partial charge is 0.320 e. The lowest BCUT2D eigenvalue weighted by Crippen LogP contribution is -1.99. The van der Waals surface area contributed by atoms with E-state index in [2.05, 4.69) is 110 Å². The first-order valence-corrected chi connectivity index (χ1v) is 16.2. The molecule has 7 aromatic carbocycles. The van der Waals surface area contributed by atoms with Crippen molar-refractivity contribution in [3.8, 4) is 39.7 Å². The summed E-state index contributed by atoms with van der Waals surface area (Å²) in [7, 11) is 0. The zero-order valence-corrected chi connectivity index (χ0v) is 26.7. The molecule has 0 bridgehead atoms. The van der Waals surface area contributed by atoms with Crippen LogP contribution in [0.5, 0.6) is 0 Å². The van der Waals surface area contributed by atoms with Crippen LogP contribution in [-0.2, 0) is 0 Å². The van der Waals surface area contributed by atoms with E-state index < -0.39 is 0 Å². The summed E-state index contributed by atoms with van der Waals surface area (Å²) in [5, 5.41) is 14.0. The summed E-state index contributed by atoms with van der Waals surface area (Å²) in [5.41, 5.74) is 10.7. The normalized spacial score (nSPS) is 11.1. The van der Waals surface area contributed by atoms with E-state index in [9.17, 15) is 5.26 Å². The molecule has 0 amide bonds. The molecule has 9 rings (SSSR count). The average Bonchev–Trinajstić information content (AvgIpc) is 3.69. The van der Waals surface area contributed by atoms with E-state index in [1.165, 1.54) is 10.8 Å². The third-order valence-corrected chi connectivity index (χ3v) is 9.60. The van der Waals surface area contributed by atoms with E-state index >= 15 is 0 Å². The Labute approximate surface area is 288 Å². The van der Waals surface area contributed by atoms with Crippen LogP contribution in [0, 0.1) is 24.5 Å². The number of hydrogen-bond acceptors (Lipinski definition) is 1. The Morgan fingerprint density at radius 3 is 1.74 bits per heavy atom. The van der Waals surface area contributed by atoms with E-state index in [0.717, 1.165) is 60.8 Å². The second kappa shape index (κ2) is 11.4. The van der Waals surface area contributed by atoms with Crippen molar-refractivity contribution in [1.82, 2.24) is 9.13 Å². The van der Waals surface area contributed by atoms with Crippen molar-refractivity contribution in [2.75, 3.05) is 0 Å². The second-order valence-electron chi connectivity index (χ2n) is 12.2. The molecular weight excluding hydrogens is 611 g/mol. The van der Waals surface area contributed by atoms with Crippen LogP contribution in [0.25, 0.3) is 86.9 Å². The van der Waals surface area contributed by atoms with Gasteiger partial charge in [0.05, 0.1) is 46.8 Å². The molecule has 0 saturated heterocycles. The van der Waals surface area contributed by atoms with Crippen LogP contribution in [0.3, 0.4) is 0 Å². The quantitative estimate of drug-likeness (QED) is 0.177. The van der Waals surface area contributed by atoms with E-state index in [1.54, 1.807) is 6.07 Å². The second-order valence-corrected chi connectivity index (χ2v) is 12.2. The lowest BCUT2D eigenvalue weighted by atomic mass is 9.92. The van der Waals surface area contributed by atoms with Crippen LogP contribution < -0.4 is 0 Å². The highest BCUT2D eigenvalue weighted by Gasteiger charge is 2.23. The first-order valence-electron chi connectivity index (χ1n) is 16.2. The fourth-order valence-electron chi connectivity index (χ4n) is 7.48. The summed E-state index contributed by atoms with van der Waals surface area (Å²) in [6, 6.07) is 53.5. The maximum absolute atomic E-state index is 9.73. The molecule has 0 fully saturated rings. The Balaban J connectivity index is 1.32. The van der Waals surface area contributed by atoms with E-state index in [-0.39, 0.29) is 0 Å². The standard InChI is InChI=1S/C45H25N5/c1-47-39-24-23-37(45(44(39)48-2)50-42-21-10-7-18-36(42)38-26-29(28-46)22-25-43(38)50)33-15-4-3-14-32(33)30-12-11-13-31(27-30)49-40-19-8-5-16-34(40)35-17-6-9-20-41(35)49/h3-27H. The van der Waals surface area contributed by atoms with Crippen molar-refractivity contribution in [1.29, 1.82) is 5.26 Å². The van der Waals surface area contributed by atoms with Gasteiger partial charge in [-0.15, -0.1) is 0 Å². The van der Waals surface area contributed by atoms with Crippen LogP contribution in [0.1, 0.15) is 5.56 Å². The molecule has 0 atom stereocenters. The lowest BCUT2D eigenvalue weighted by molar-refractivity contribution is 1.18. The van der Waals surface area contributed by atoms with Gasteiger partial charge in [-0.25, -0.2) is 4.85 Å². The molecule has 5 heteroatoms. The number of rotatable bonds is 4. The van der Waals surface area contributed by atoms with Crippen molar-refractivity contribution >= 4 is 55.0 Å². The highest BCUT2D eigenvalue weighted by molar-refractivity contribution is 6.12. The zero-order valence-electron chi connectivity index (χ0n) is 26.7. The molecule has 0 aliphatic carbocycles. The van der Waals surface area contributed by atoms with Crippen molar-refractivity contribution in [3.05, 3.63) is 180 Å². The predicted octanol–water partition coefficient (Wildman–Crippen LogP) is 12.2. The van der Waals surface area contributed by atoms with Gasteiger partial charge < -0.3 is 9.13 Å². The third kappa shape index (κ3) is 4.24. The molecule has 0 aliphatic rings. The Kier molecular flexibility index (Phi) is 6.56. The molecule has 9 aromatic rings. The summed E-state index contributed by atoms with van der Waals surface area (Å²) in [5.74, 6) is 0. The molecule has 0 saturated carbocycles. The molecule has 0 aliphatic heterocycles. The maximum atomic E-state index is 9.73. The minimum atomic E-state index is 0.290. The summed E-state index contributed by atoms with van der Waals surface area (Å²) in [6.45, 7) is 16.3. The van der Waals surface area contributed by atoms with Crippen molar-refractivity contribution < 1.29 is 0 Å². The third-order valence-electron chi connectivity index (χ3n) is 9.60. The number of nitrogens with zero attached hydrogens (tertiary/aromatic N) is 5. The average molecular weight is 636 g/mol. The maximum Gasteiger partial charge on any atom is 0.218 e. The van der Waals surface area contributed by atoms with Crippen LogP contribution in [0.2, 0.25) is 0 Å². The number of benzene rings is 7. The fourth-order valence-corrected chi connectivity index (χ4v) is 7.48. The van der Waals surface area contributed by atoms with Crippen molar-refractivity contribution in [2.45, 2.75) is 0 Å². The van der Waals surface area contributed by atoms with Gasteiger partial charge in [0.15, 0.2) is 5.69 Å². The Bertz CT molecular complexity index is 2920. The minimum absolute atomic E-state index is 0.290. The van der Waals surface area contributed by atoms with Crippen LogP contribution in [0.15, 0.2) is 152 Å². The van der Waals surface area contributed by atoms with Crippen LogP contribution in [-0.4, -0.2) is 9.13 Å². The first-order chi connectivity index (χ1) is 24.7. The van der Waals surface area contributed by atoms with Gasteiger partial charge in [-0.1, -0.05) is 103 Å². The molecule has 2 aromatic heterocycles. The number of aromatic nitrogens is 2. The van der Waals surface area contributed by atoms with E-state index in [0.29, 0.717) is 22.6 Å². The monoisotopic (exact) mass is 635 g/mol. The van der Waals surface area contributed by atoms with Gasteiger partial charge in [0.2, 0.25) is 5.69 Å². The Morgan fingerprint density at radius 2 is 1.08 bits per heavy atom. The molecule has 0 unspecified atom stereocenters. The molecule has 0 radical (unpaired) electrons. The molecule has 230 valence electrons. The van der Waals surface area contributed by atoms with E-state index in [1.807, 2.05) is 60.7 Å². The van der Waals surface area contributed by atoms with Gasteiger partial charge in [-0.3, -0.25) is 4.85 Å². The van der Waals surface area contributed by atoms with Gasteiger partial charge in [-0.2, -0.15) is 5.26 Å². The molecular formula is C45H25N5. The minimum Gasteiger partial charge on any atom is -0.320 e. The molecule has 0 spiro atoms. The molecule has 5 nitrogen and oxygen atoms in total. The fraction of sp³-hybridized carbons (Fsp3) is 0. The van der Waals surface area contributed by atoms with Gasteiger partial charge in [0.1, 0.15) is 0 Å². The first kappa shape index (κ1) is 28.8. The highest BCUT2D eigenvalue weighted by Crippen LogP contribution is 2.47. The summed E-state index contributed by atoms with van der Waals surface area (Å²) in [6.07, 6.45) is 0. The van der Waals surface area contributed by atoms with E-state index in [4.69, 9.17) is 13.1 Å². The summed E-state index contributed by atoms with van der Waals surface area (Å²) < 4.78 is 4.41. The molecule has 2 heterocycles.